The molecule has 0 saturated carbocycles. The molecule has 1 amide bonds. The minimum absolute atomic E-state index is 0.129. The number of halogens is 2. The Morgan fingerprint density at radius 1 is 1.07 bits per heavy atom. The van der Waals surface area contributed by atoms with Gasteiger partial charge >= 0.3 is 0 Å². The molecule has 1 aromatic carbocycles. The molecule has 2 aliphatic rings. The van der Waals surface area contributed by atoms with Crippen molar-refractivity contribution in [2.45, 2.75) is 26.1 Å². The van der Waals surface area contributed by atoms with Crippen molar-refractivity contribution >= 4 is 45.0 Å². The monoisotopic (exact) mass is 464 g/mol. The van der Waals surface area contributed by atoms with Crippen molar-refractivity contribution in [3.8, 4) is 0 Å². The molecule has 2 saturated heterocycles. The molecule has 11 heteroatoms. The minimum atomic E-state index is -3.54. The molecule has 162 valence electrons. The predicted molar refractivity (Wildman–Crippen MR) is 114 cm³/mol. The zero-order valence-electron chi connectivity index (χ0n) is 16.5. The van der Waals surface area contributed by atoms with Crippen LogP contribution in [0.1, 0.15) is 13.8 Å². The van der Waals surface area contributed by atoms with Crippen molar-refractivity contribution in [1.29, 1.82) is 0 Å². The number of carbonyl (C=O) groups excluding carboxylic acids is 1. The maximum absolute atomic E-state index is 12.9. The Morgan fingerprint density at radius 2 is 1.62 bits per heavy atom. The van der Waals surface area contributed by atoms with Gasteiger partial charge in [-0.1, -0.05) is 29.3 Å². The van der Waals surface area contributed by atoms with E-state index < -0.39 is 10.2 Å². The number of hydrogen-bond acceptors (Lipinski definition) is 5. The van der Waals surface area contributed by atoms with E-state index in [-0.39, 0.29) is 24.7 Å². The fourth-order valence-electron chi connectivity index (χ4n) is 3.60. The SMILES string of the molecule is CC1CN(S(=O)(=O)N2CCN(CC(=O)Nc3c(Cl)cccc3Cl)CC2)CC(C)O1. The second-order valence-electron chi connectivity index (χ2n) is 7.40. The number of nitrogens with zero attached hydrogens (tertiary/aromatic N) is 3. The fraction of sp³-hybridized carbons (Fsp3) is 0.611. The van der Waals surface area contributed by atoms with Gasteiger partial charge in [0.05, 0.1) is 34.5 Å². The maximum Gasteiger partial charge on any atom is 0.282 e. The summed E-state index contributed by atoms with van der Waals surface area (Å²) in [5.41, 5.74) is 0.387. The highest BCUT2D eigenvalue weighted by Gasteiger charge is 2.36. The van der Waals surface area contributed by atoms with E-state index in [1.807, 2.05) is 18.7 Å². The normalized spacial score (nSPS) is 25.1. The molecule has 0 aliphatic carbocycles. The lowest BCUT2D eigenvalue weighted by atomic mass is 10.3. The molecular weight excluding hydrogens is 439 g/mol. The van der Waals surface area contributed by atoms with Crippen molar-refractivity contribution in [3.05, 3.63) is 28.2 Å². The lowest BCUT2D eigenvalue weighted by molar-refractivity contribution is -0.117. The van der Waals surface area contributed by atoms with Crippen LogP contribution in [0.15, 0.2) is 18.2 Å². The Kier molecular flexibility index (Phi) is 7.42. The molecule has 8 nitrogen and oxygen atoms in total. The number of para-hydroxylation sites is 1. The van der Waals surface area contributed by atoms with Crippen LogP contribution < -0.4 is 5.32 Å². The second kappa shape index (κ2) is 9.47. The molecule has 1 aromatic rings. The molecule has 2 aliphatic heterocycles. The van der Waals surface area contributed by atoms with Gasteiger partial charge in [-0.3, -0.25) is 9.69 Å². The van der Waals surface area contributed by atoms with Gasteiger partial charge in [0.1, 0.15) is 0 Å². The van der Waals surface area contributed by atoms with Crippen molar-refractivity contribution in [1.82, 2.24) is 13.5 Å². The number of piperazine rings is 1. The van der Waals surface area contributed by atoms with E-state index in [9.17, 15) is 13.2 Å². The van der Waals surface area contributed by atoms with Gasteiger partial charge in [0, 0.05) is 39.3 Å². The molecule has 1 N–H and O–H groups in total. The van der Waals surface area contributed by atoms with Gasteiger partial charge in [-0.15, -0.1) is 0 Å². The summed E-state index contributed by atoms with van der Waals surface area (Å²) in [6.45, 7) is 6.21. The molecule has 29 heavy (non-hydrogen) atoms. The number of amides is 1. The van der Waals surface area contributed by atoms with Crippen LogP contribution >= 0.6 is 23.2 Å². The Bertz CT molecular complexity index is 816. The van der Waals surface area contributed by atoms with Gasteiger partial charge in [-0.25, -0.2) is 0 Å². The number of nitrogens with one attached hydrogen (secondary N) is 1. The zero-order valence-corrected chi connectivity index (χ0v) is 18.8. The number of hydrogen-bond donors (Lipinski definition) is 1. The third-order valence-corrected chi connectivity index (χ3v) is 7.56. The van der Waals surface area contributed by atoms with Crippen molar-refractivity contribution in [3.63, 3.8) is 0 Å². The van der Waals surface area contributed by atoms with Crippen molar-refractivity contribution < 1.29 is 17.9 Å². The number of morpholine rings is 1. The van der Waals surface area contributed by atoms with E-state index in [2.05, 4.69) is 5.32 Å². The third-order valence-electron chi connectivity index (χ3n) is 4.96. The van der Waals surface area contributed by atoms with Gasteiger partial charge in [0.15, 0.2) is 0 Å². The van der Waals surface area contributed by atoms with Crippen LogP contribution in [0.2, 0.25) is 10.0 Å². The van der Waals surface area contributed by atoms with Crippen LogP contribution in [0.3, 0.4) is 0 Å². The summed E-state index contributed by atoms with van der Waals surface area (Å²) in [5, 5.41) is 3.47. The molecule has 2 unspecified atom stereocenters. The Balaban J connectivity index is 1.53. The van der Waals surface area contributed by atoms with Crippen LogP contribution in [0.25, 0.3) is 0 Å². The fourth-order valence-corrected chi connectivity index (χ4v) is 5.84. The molecular formula is C18H26Cl2N4O4S. The Hall–Kier alpha value is -0.940. The molecule has 2 fully saturated rings. The van der Waals surface area contributed by atoms with Gasteiger partial charge in [0.25, 0.3) is 10.2 Å². The average Bonchev–Trinajstić information content (AvgIpc) is 2.64. The summed E-state index contributed by atoms with van der Waals surface area (Å²) in [5.74, 6) is -0.243. The lowest BCUT2D eigenvalue weighted by Gasteiger charge is -2.40. The summed E-state index contributed by atoms with van der Waals surface area (Å²) in [6, 6.07) is 5.01. The molecule has 0 radical (unpaired) electrons. The second-order valence-corrected chi connectivity index (χ2v) is 10.1. The highest BCUT2D eigenvalue weighted by molar-refractivity contribution is 7.86. The standard InChI is InChI=1S/C18H26Cl2N4O4S/c1-13-10-24(11-14(2)28-13)29(26,27)23-8-6-22(7-9-23)12-17(25)21-18-15(19)4-3-5-16(18)20/h3-5,13-14H,6-12H2,1-2H3,(H,21,25). The van der Waals surface area contributed by atoms with Crippen LogP contribution in [0.5, 0.6) is 0 Å². The number of benzene rings is 1. The van der Waals surface area contributed by atoms with Crippen molar-refractivity contribution in [2.24, 2.45) is 0 Å². The average molecular weight is 465 g/mol. The molecule has 0 spiro atoms. The molecule has 0 bridgehead atoms. The molecule has 0 aromatic heterocycles. The molecule has 2 heterocycles. The topological polar surface area (TPSA) is 82.2 Å². The summed E-state index contributed by atoms with van der Waals surface area (Å²) < 4.78 is 34.5. The van der Waals surface area contributed by atoms with Gasteiger partial charge < -0.3 is 10.1 Å². The lowest BCUT2D eigenvalue weighted by Crippen LogP contribution is -2.57. The van der Waals surface area contributed by atoms with Crippen molar-refractivity contribution in [2.75, 3.05) is 51.1 Å². The predicted octanol–water partition coefficient (Wildman–Crippen LogP) is 1.90. The molecule has 2 atom stereocenters. The van der Waals surface area contributed by atoms with E-state index >= 15 is 0 Å². The zero-order chi connectivity index (χ0) is 21.2. The number of ether oxygens (including phenoxy) is 1. The first kappa shape index (κ1) is 22.7. The van der Waals surface area contributed by atoms with Gasteiger partial charge in [0.2, 0.25) is 5.91 Å². The van der Waals surface area contributed by atoms with E-state index in [1.54, 1.807) is 18.2 Å². The first-order valence-electron chi connectivity index (χ1n) is 9.53. The van der Waals surface area contributed by atoms with Gasteiger partial charge in [-0.2, -0.15) is 17.0 Å². The highest BCUT2D eigenvalue weighted by atomic mass is 35.5. The Labute approximate surface area is 181 Å². The summed E-state index contributed by atoms with van der Waals surface area (Å²) in [6.07, 6.45) is -0.259. The van der Waals surface area contributed by atoms with Crippen LogP contribution in [0.4, 0.5) is 5.69 Å². The number of rotatable bonds is 5. The highest BCUT2D eigenvalue weighted by Crippen LogP contribution is 2.29. The van der Waals surface area contributed by atoms with Crippen LogP contribution in [-0.2, 0) is 19.7 Å². The number of carbonyl (C=O) groups is 1. The first-order chi connectivity index (χ1) is 13.7. The summed E-state index contributed by atoms with van der Waals surface area (Å²) in [4.78, 5) is 14.3. The van der Waals surface area contributed by atoms with E-state index in [0.717, 1.165) is 0 Å². The summed E-state index contributed by atoms with van der Waals surface area (Å²) in [7, 11) is -3.54. The van der Waals surface area contributed by atoms with Crippen LogP contribution in [0, 0.1) is 0 Å². The van der Waals surface area contributed by atoms with E-state index in [1.165, 1.54) is 8.61 Å². The third kappa shape index (κ3) is 5.61. The first-order valence-corrected chi connectivity index (χ1v) is 11.7. The smallest absolute Gasteiger partial charge is 0.282 e. The van der Waals surface area contributed by atoms with Crippen LogP contribution in [-0.4, -0.2) is 85.9 Å². The minimum Gasteiger partial charge on any atom is -0.373 e. The number of anilines is 1. The quantitative estimate of drug-likeness (QED) is 0.719. The van der Waals surface area contributed by atoms with Gasteiger partial charge in [-0.05, 0) is 26.0 Å². The van der Waals surface area contributed by atoms with E-state index in [0.29, 0.717) is 55.0 Å². The van der Waals surface area contributed by atoms with E-state index in [4.69, 9.17) is 27.9 Å². The largest absolute Gasteiger partial charge is 0.373 e. The Morgan fingerprint density at radius 3 is 2.17 bits per heavy atom. The maximum atomic E-state index is 12.9. The molecule has 3 rings (SSSR count). The summed E-state index contributed by atoms with van der Waals surface area (Å²) >= 11 is 12.2.